The monoisotopic (exact) mass is 265 g/mol. The third-order valence-electron chi connectivity index (χ3n) is 5.90. The molecule has 4 heteroatoms. The first kappa shape index (κ1) is 12.6. The molecular formula is C15H27N3O. The summed E-state index contributed by atoms with van der Waals surface area (Å²) >= 11 is 0. The first-order valence-corrected chi connectivity index (χ1v) is 8.15. The molecule has 4 aliphatic rings. The fraction of sp³-hybridized carbons (Fsp3) is 1.00. The molecule has 2 N–H and O–H groups in total. The first-order valence-electron chi connectivity index (χ1n) is 8.15. The highest BCUT2D eigenvalue weighted by Gasteiger charge is 2.50. The van der Waals surface area contributed by atoms with Crippen molar-refractivity contribution < 1.29 is 4.74 Å². The van der Waals surface area contributed by atoms with Crippen LogP contribution in [-0.2, 0) is 4.74 Å². The van der Waals surface area contributed by atoms with E-state index in [-0.39, 0.29) is 5.54 Å². The van der Waals surface area contributed by atoms with E-state index in [0.717, 1.165) is 25.7 Å². The number of morpholine rings is 1. The lowest BCUT2D eigenvalue weighted by molar-refractivity contribution is -0.0949. The molecule has 2 saturated carbocycles. The zero-order valence-electron chi connectivity index (χ0n) is 11.9. The molecule has 0 aromatic heterocycles. The Morgan fingerprint density at radius 3 is 2.84 bits per heavy atom. The Hall–Kier alpha value is -0.160. The van der Waals surface area contributed by atoms with Gasteiger partial charge in [0.15, 0.2) is 0 Å². The molecule has 108 valence electrons. The molecule has 4 nitrogen and oxygen atoms in total. The van der Waals surface area contributed by atoms with Crippen molar-refractivity contribution in [3.8, 4) is 0 Å². The third kappa shape index (κ3) is 2.04. The maximum Gasteiger partial charge on any atom is 0.0731 e. The van der Waals surface area contributed by atoms with E-state index in [0.29, 0.717) is 12.1 Å². The number of rotatable bonds is 3. The van der Waals surface area contributed by atoms with Gasteiger partial charge in [0.25, 0.3) is 0 Å². The second-order valence-corrected chi connectivity index (χ2v) is 6.98. The van der Waals surface area contributed by atoms with Gasteiger partial charge in [-0.3, -0.25) is 9.80 Å². The molecule has 0 spiro atoms. The van der Waals surface area contributed by atoms with Crippen molar-refractivity contribution in [1.82, 2.24) is 9.80 Å². The summed E-state index contributed by atoms with van der Waals surface area (Å²) in [4.78, 5) is 5.46. The number of hydrogen-bond donors (Lipinski definition) is 1. The minimum atomic E-state index is 0.250. The molecule has 0 aromatic rings. The van der Waals surface area contributed by atoms with E-state index in [1.165, 1.54) is 51.6 Å². The van der Waals surface area contributed by atoms with E-state index in [4.69, 9.17) is 10.5 Å². The number of fused-ring (bicyclic) bond motifs is 1. The zero-order valence-corrected chi connectivity index (χ0v) is 11.9. The van der Waals surface area contributed by atoms with Crippen molar-refractivity contribution in [2.75, 3.05) is 32.8 Å². The van der Waals surface area contributed by atoms with E-state index < -0.39 is 0 Å². The summed E-state index contributed by atoms with van der Waals surface area (Å²) in [6, 6.07) is 1.53. The number of nitrogens with zero attached hydrogens (tertiary/aromatic N) is 2. The predicted octanol–water partition coefficient (Wildman–Crippen LogP) is 0.805. The normalized spacial score (nSPS) is 44.7. The van der Waals surface area contributed by atoms with Gasteiger partial charge in [-0.25, -0.2) is 0 Å². The standard InChI is InChI=1S/C15H27N3O/c16-10-15(6-7-17(11-15)12-4-5-12)18-8-9-19-14-3-1-2-13(14)18/h12-14H,1-11,16H2. The summed E-state index contributed by atoms with van der Waals surface area (Å²) in [5.41, 5.74) is 6.51. The molecule has 4 fully saturated rings. The molecule has 2 saturated heterocycles. The van der Waals surface area contributed by atoms with Gasteiger partial charge in [-0.2, -0.15) is 0 Å². The molecule has 19 heavy (non-hydrogen) atoms. The summed E-state index contributed by atoms with van der Waals surface area (Å²) in [5, 5.41) is 0. The molecule has 4 rings (SSSR count). The van der Waals surface area contributed by atoms with Crippen LogP contribution in [0.3, 0.4) is 0 Å². The lowest BCUT2D eigenvalue weighted by Crippen LogP contribution is -2.64. The summed E-state index contributed by atoms with van der Waals surface area (Å²) < 4.78 is 5.97. The van der Waals surface area contributed by atoms with Crippen LogP contribution in [0, 0.1) is 0 Å². The molecular weight excluding hydrogens is 238 g/mol. The number of hydrogen-bond acceptors (Lipinski definition) is 4. The maximum absolute atomic E-state index is 6.26. The molecule has 2 heterocycles. The van der Waals surface area contributed by atoms with Gasteiger partial charge in [0.2, 0.25) is 0 Å². The SMILES string of the molecule is NCC1(N2CCOC3CCCC32)CCN(C2CC2)C1. The zero-order chi connectivity index (χ0) is 12.9. The Morgan fingerprint density at radius 2 is 2.05 bits per heavy atom. The molecule has 3 atom stereocenters. The number of likely N-dealkylation sites (tertiary alicyclic amines) is 1. The highest BCUT2D eigenvalue weighted by molar-refractivity contribution is 5.07. The lowest BCUT2D eigenvalue weighted by atomic mass is 9.92. The average Bonchev–Trinajstić information content (AvgIpc) is 3.03. The average molecular weight is 265 g/mol. The minimum Gasteiger partial charge on any atom is -0.375 e. The van der Waals surface area contributed by atoms with Crippen LogP contribution in [0.25, 0.3) is 0 Å². The van der Waals surface area contributed by atoms with Gasteiger partial charge in [0.1, 0.15) is 0 Å². The largest absolute Gasteiger partial charge is 0.375 e. The molecule has 0 bridgehead atoms. The highest BCUT2D eigenvalue weighted by Crippen LogP contribution is 2.40. The van der Waals surface area contributed by atoms with Crippen LogP contribution < -0.4 is 5.73 Å². The van der Waals surface area contributed by atoms with Crippen LogP contribution >= 0.6 is 0 Å². The van der Waals surface area contributed by atoms with Gasteiger partial charge >= 0.3 is 0 Å². The van der Waals surface area contributed by atoms with Gasteiger partial charge in [-0.05, 0) is 38.5 Å². The number of nitrogens with two attached hydrogens (primary N) is 1. The van der Waals surface area contributed by atoms with E-state index in [1.54, 1.807) is 0 Å². The van der Waals surface area contributed by atoms with Crippen molar-refractivity contribution >= 4 is 0 Å². The van der Waals surface area contributed by atoms with Gasteiger partial charge in [-0.1, -0.05) is 0 Å². The Morgan fingerprint density at radius 1 is 1.16 bits per heavy atom. The lowest BCUT2D eigenvalue weighted by Gasteiger charge is -2.48. The van der Waals surface area contributed by atoms with E-state index in [2.05, 4.69) is 9.80 Å². The summed E-state index contributed by atoms with van der Waals surface area (Å²) in [6.07, 6.45) is 8.49. The molecule has 3 unspecified atom stereocenters. The fourth-order valence-electron chi connectivity index (χ4n) is 4.67. The molecule has 0 amide bonds. The van der Waals surface area contributed by atoms with Crippen LogP contribution in [-0.4, -0.2) is 66.3 Å². The quantitative estimate of drug-likeness (QED) is 0.820. The second-order valence-electron chi connectivity index (χ2n) is 6.98. The predicted molar refractivity (Wildman–Crippen MR) is 75.1 cm³/mol. The van der Waals surface area contributed by atoms with Crippen molar-refractivity contribution in [2.24, 2.45) is 5.73 Å². The summed E-state index contributed by atoms with van der Waals surface area (Å²) in [5.74, 6) is 0. The molecule has 0 radical (unpaired) electrons. The van der Waals surface area contributed by atoms with Crippen molar-refractivity contribution in [3.05, 3.63) is 0 Å². The Labute approximate surface area is 116 Å². The molecule has 2 aliphatic carbocycles. The smallest absolute Gasteiger partial charge is 0.0731 e. The third-order valence-corrected chi connectivity index (χ3v) is 5.90. The van der Waals surface area contributed by atoms with Crippen molar-refractivity contribution in [1.29, 1.82) is 0 Å². The van der Waals surface area contributed by atoms with Crippen LogP contribution in [0.4, 0.5) is 0 Å². The van der Waals surface area contributed by atoms with Crippen LogP contribution in [0.1, 0.15) is 38.5 Å². The number of ether oxygens (including phenoxy) is 1. The first-order chi connectivity index (χ1) is 9.32. The van der Waals surface area contributed by atoms with E-state index in [9.17, 15) is 0 Å². The second kappa shape index (κ2) is 4.69. The van der Waals surface area contributed by atoms with Gasteiger partial charge < -0.3 is 10.5 Å². The fourth-order valence-corrected chi connectivity index (χ4v) is 4.67. The Balaban J connectivity index is 1.54. The maximum atomic E-state index is 6.26. The molecule has 0 aromatic carbocycles. The van der Waals surface area contributed by atoms with Crippen LogP contribution in [0.5, 0.6) is 0 Å². The summed E-state index contributed by atoms with van der Waals surface area (Å²) in [7, 11) is 0. The van der Waals surface area contributed by atoms with Gasteiger partial charge in [-0.15, -0.1) is 0 Å². The van der Waals surface area contributed by atoms with Crippen LogP contribution in [0.15, 0.2) is 0 Å². The van der Waals surface area contributed by atoms with E-state index in [1.807, 2.05) is 0 Å². The van der Waals surface area contributed by atoms with Crippen LogP contribution in [0.2, 0.25) is 0 Å². The van der Waals surface area contributed by atoms with Crippen molar-refractivity contribution in [2.45, 2.75) is 62.3 Å². The topological polar surface area (TPSA) is 41.7 Å². The Bertz CT molecular complexity index is 346. The highest BCUT2D eigenvalue weighted by atomic mass is 16.5. The molecule has 2 aliphatic heterocycles. The van der Waals surface area contributed by atoms with Crippen molar-refractivity contribution in [3.63, 3.8) is 0 Å². The van der Waals surface area contributed by atoms with Gasteiger partial charge in [0.05, 0.1) is 12.7 Å². The van der Waals surface area contributed by atoms with E-state index >= 15 is 0 Å². The summed E-state index contributed by atoms with van der Waals surface area (Å²) in [6.45, 7) is 5.29. The minimum absolute atomic E-state index is 0.250. The Kier molecular flexibility index (Phi) is 3.10. The van der Waals surface area contributed by atoms with Gasteiger partial charge in [0, 0.05) is 43.8 Å².